The molecule has 3 rings (SSSR count). The molecule has 112 valence electrons. The highest BCUT2D eigenvalue weighted by atomic mass is 16.5. The number of rotatable bonds is 5. The van der Waals surface area contributed by atoms with Crippen LogP contribution in [0, 0.1) is 11.8 Å². The maximum atomic E-state index is 12.1. The predicted octanol–water partition coefficient (Wildman–Crippen LogP) is 1.57. The maximum absolute atomic E-state index is 12.1. The van der Waals surface area contributed by atoms with E-state index < -0.39 is 0 Å². The number of nitrogens with zero attached hydrogens (tertiary/aromatic N) is 1. The number of methoxy groups -OCH3 is 1. The Labute approximate surface area is 124 Å². The van der Waals surface area contributed by atoms with E-state index in [9.17, 15) is 9.59 Å². The molecular weight excluding hydrogens is 268 g/mol. The molecule has 1 aromatic rings. The van der Waals surface area contributed by atoms with Crippen LogP contribution in [-0.4, -0.2) is 32.0 Å². The molecule has 5 nitrogen and oxygen atoms in total. The van der Waals surface area contributed by atoms with Crippen LogP contribution in [-0.2, 0) is 9.59 Å². The van der Waals surface area contributed by atoms with Gasteiger partial charge in [-0.3, -0.25) is 9.59 Å². The molecule has 2 fully saturated rings. The van der Waals surface area contributed by atoms with Crippen molar-refractivity contribution in [1.82, 2.24) is 5.32 Å². The largest absolute Gasteiger partial charge is 0.497 e. The monoisotopic (exact) mass is 288 g/mol. The van der Waals surface area contributed by atoms with E-state index in [0.717, 1.165) is 12.2 Å². The summed E-state index contributed by atoms with van der Waals surface area (Å²) in [5, 5.41) is 2.96. The van der Waals surface area contributed by atoms with E-state index in [4.69, 9.17) is 4.74 Å². The average molecular weight is 288 g/mol. The number of hydrogen-bond donors (Lipinski definition) is 1. The third-order valence-electron chi connectivity index (χ3n) is 4.12. The van der Waals surface area contributed by atoms with Crippen molar-refractivity contribution in [2.45, 2.75) is 19.3 Å². The van der Waals surface area contributed by atoms with Crippen molar-refractivity contribution in [3.63, 3.8) is 0 Å². The number of nitrogens with one attached hydrogen (secondary N) is 1. The van der Waals surface area contributed by atoms with Gasteiger partial charge in [-0.1, -0.05) is 6.07 Å². The lowest BCUT2D eigenvalue weighted by Crippen LogP contribution is -2.34. The second kappa shape index (κ2) is 5.76. The van der Waals surface area contributed by atoms with E-state index in [1.54, 1.807) is 12.0 Å². The standard InChI is InChI=1S/C16H20N2O3/c1-21-14-4-2-3-13(8-14)18-10-12(7-15(18)19)16(20)17-9-11-5-6-11/h2-4,8,11-12H,5-7,9-10H2,1H3,(H,17,20). The highest BCUT2D eigenvalue weighted by molar-refractivity contribution is 6.00. The molecule has 1 saturated heterocycles. The number of anilines is 1. The lowest BCUT2D eigenvalue weighted by atomic mass is 10.1. The smallest absolute Gasteiger partial charge is 0.227 e. The van der Waals surface area contributed by atoms with E-state index in [1.807, 2.05) is 24.3 Å². The quantitative estimate of drug-likeness (QED) is 0.895. The molecule has 0 bridgehead atoms. The maximum Gasteiger partial charge on any atom is 0.227 e. The van der Waals surface area contributed by atoms with Crippen molar-refractivity contribution in [3.05, 3.63) is 24.3 Å². The molecule has 1 aliphatic heterocycles. The summed E-state index contributed by atoms with van der Waals surface area (Å²) in [6, 6.07) is 7.37. The highest BCUT2D eigenvalue weighted by Crippen LogP contribution is 2.29. The normalized spacial score (nSPS) is 21.5. The number of carbonyl (C=O) groups is 2. The van der Waals surface area contributed by atoms with Crippen molar-refractivity contribution >= 4 is 17.5 Å². The lowest BCUT2D eigenvalue weighted by Gasteiger charge is -2.17. The Morgan fingerprint density at radius 2 is 2.24 bits per heavy atom. The van der Waals surface area contributed by atoms with Gasteiger partial charge in [0.2, 0.25) is 11.8 Å². The molecule has 1 saturated carbocycles. The van der Waals surface area contributed by atoms with Gasteiger partial charge in [-0.2, -0.15) is 0 Å². The van der Waals surface area contributed by atoms with Crippen molar-refractivity contribution in [2.24, 2.45) is 11.8 Å². The van der Waals surface area contributed by atoms with Gasteiger partial charge in [0.25, 0.3) is 0 Å². The third kappa shape index (κ3) is 3.17. The summed E-state index contributed by atoms with van der Waals surface area (Å²) in [5.41, 5.74) is 0.789. The zero-order chi connectivity index (χ0) is 14.8. The van der Waals surface area contributed by atoms with E-state index in [0.29, 0.717) is 18.2 Å². The highest BCUT2D eigenvalue weighted by Gasteiger charge is 2.35. The topological polar surface area (TPSA) is 58.6 Å². The third-order valence-corrected chi connectivity index (χ3v) is 4.12. The first kappa shape index (κ1) is 13.9. The Hall–Kier alpha value is -2.04. The minimum Gasteiger partial charge on any atom is -0.497 e. The molecule has 1 heterocycles. The van der Waals surface area contributed by atoms with E-state index in [2.05, 4.69) is 5.32 Å². The van der Waals surface area contributed by atoms with Crippen LogP contribution in [0.4, 0.5) is 5.69 Å². The Morgan fingerprint density at radius 3 is 2.95 bits per heavy atom. The van der Waals surface area contributed by atoms with E-state index >= 15 is 0 Å². The second-order valence-corrected chi connectivity index (χ2v) is 5.80. The van der Waals surface area contributed by atoms with Gasteiger partial charge in [-0.15, -0.1) is 0 Å². The predicted molar refractivity (Wildman–Crippen MR) is 79.2 cm³/mol. The summed E-state index contributed by atoms with van der Waals surface area (Å²) in [7, 11) is 1.60. The van der Waals surface area contributed by atoms with Crippen LogP contribution in [0.5, 0.6) is 5.75 Å². The van der Waals surface area contributed by atoms with E-state index in [1.165, 1.54) is 12.8 Å². The molecule has 1 aromatic carbocycles. The van der Waals surface area contributed by atoms with Gasteiger partial charge in [-0.05, 0) is 30.9 Å². The molecule has 1 N–H and O–H groups in total. The summed E-state index contributed by atoms with van der Waals surface area (Å²) in [6.45, 7) is 1.20. The fourth-order valence-corrected chi connectivity index (χ4v) is 2.62. The van der Waals surface area contributed by atoms with Gasteiger partial charge in [0.15, 0.2) is 0 Å². The van der Waals surface area contributed by atoms with Crippen LogP contribution in [0.15, 0.2) is 24.3 Å². The molecule has 2 aliphatic rings. The summed E-state index contributed by atoms with van der Waals surface area (Å²) in [5.74, 6) is 1.11. The van der Waals surface area contributed by atoms with Gasteiger partial charge in [0.05, 0.1) is 13.0 Å². The molecule has 1 unspecified atom stereocenters. The molecule has 5 heteroatoms. The van der Waals surface area contributed by atoms with Gasteiger partial charge < -0.3 is 15.0 Å². The van der Waals surface area contributed by atoms with Crippen LogP contribution >= 0.6 is 0 Å². The van der Waals surface area contributed by atoms with Crippen LogP contribution in [0.2, 0.25) is 0 Å². The van der Waals surface area contributed by atoms with Crippen molar-refractivity contribution in [3.8, 4) is 5.75 Å². The van der Waals surface area contributed by atoms with Crippen LogP contribution in [0.3, 0.4) is 0 Å². The van der Waals surface area contributed by atoms with Gasteiger partial charge in [-0.25, -0.2) is 0 Å². The Kier molecular flexibility index (Phi) is 3.82. The van der Waals surface area contributed by atoms with Crippen LogP contribution < -0.4 is 15.0 Å². The summed E-state index contributed by atoms with van der Waals surface area (Å²) in [4.78, 5) is 25.9. The van der Waals surface area contributed by atoms with E-state index in [-0.39, 0.29) is 24.2 Å². The molecule has 1 atom stereocenters. The SMILES string of the molecule is COc1cccc(N2CC(C(=O)NCC3CC3)CC2=O)c1. The molecule has 21 heavy (non-hydrogen) atoms. The fraction of sp³-hybridized carbons (Fsp3) is 0.500. The number of carbonyl (C=O) groups excluding carboxylic acids is 2. The molecule has 0 spiro atoms. The number of hydrogen-bond acceptors (Lipinski definition) is 3. The summed E-state index contributed by atoms with van der Waals surface area (Å²) in [6.07, 6.45) is 2.70. The first-order valence-corrected chi connectivity index (χ1v) is 7.39. The molecule has 1 aliphatic carbocycles. The zero-order valence-electron chi connectivity index (χ0n) is 12.2. The molecule has 0 radical (unpaired) electrons. The summed E-state index contributed by atoms with van der Waals surface area (Å²) < 4.78 is 5.18. The number of benzene rings is 1. The van der Waals surface area contributed by atoms with Crippen molar-refractivity contribution in [1.29, 1.82) is 0 Å². The molecule has 2 amide bonds. The zero-order valence-corrected chi connectivity index (χ0v) is 12.2. The van der Waals surface area contributed by atoms with Gasteiger partial charge in [0, 0.05) is 31.3 Å². The first-order chi connectivity index (χ1) is 10.2. The Bertz CT molecular complexity index is 554. The Balaban J connectivity index is 1.64. The molecular formula is C16H20N2O3. The minimum atomic E-state index is -0.248. The van der Waals surface area contributed by atoms with Crippen LogP contribution in [0.1, 0.15) is 19.3 Å². The Morgan fingerprint density at radius 1 is 1.43 bits per heavy atom. The first-order valence-electron chi connectivity index (χ1n) is 7.39. The fourth-order valence-electron chi connectivity index (χ4n) is 2.62. The average Bonchev–Trinajstić information content (AvgIpc) is 3.25. The number of ether oxygens (including phenoxy) is 1. The molecule has 0 aromatic heterocycles. The lowest BCUT2D eigenvalue weighted by molar-refractivity contribution is -0.126. The summed E-state index contributed by atoms with van der Waals surface area (Å²) >= 11 is 0. The van der Waals surface area contributed by atoms with Gasteiger partial charge >= 0.3 is 0 Å². The van der Waals surface area contributed by atoms with Crippen molar-refractivity contribution < 1.29 is 14.3 Å². The number of amides is 2. The van der Waals surface area contributed by atoms with Crippen LogP contribution in [0.25, 0.3) is 0 Å². The van der Waals surface area contributed by atoms with Crippen molar-refractivity contribution in [2.75, 3.05) is 25.1 Å². The van der Waals surface area contributed by atoms with Gasteiger partial charge in [0.1, 0.15) is 5.75 Å². The second-order valence-electron chi connectivity index (χ2n) is 5.80. The minimum absolute atomic E-state index is 0.000598.